The number of morpholine rings is 1. The number of aromatic nitrogens is 4. The molecule has 1 saturated heterocycles. The first kappa shape index (κ1) is 18.5. The normalized spacial score (nSPS) is 17.0. The molecule has 3 N–H and O–H groups in total. The van der Waals surface area contributed by atoms with Crippen LogP contribution >= 0.6 is 12.6 Å². The molecule has 138 valence electrons. The van der Waals surface area contributed by atoms with Gasteiger partial charge in [0.05, 0.1) is 19.3 Å². The van der Waals surface area contributed by atoms with Crippen LogP contribution in [0, 0.1) is 0 Å². The van der Waals surface area contributed by atoms with Crippen LogP contribution in [0.15, 0.2) is 30.6 Å². The number of nitrogens with one attached hydrogen (secondary N) is 1. The van der Waals surface area contributed by atoms with Gasteiger partial charge in [-0.2, -0.15) is 12.6 Å². The van der Waals surface area contributed by atoms with Crippen molar-refractivity contribution in [3.8, 4) is 11.4 Å². The number of nitrogens with zero attached hydrogens (tertiary/aromatic N) is 4. The quantitative estimate of drug-likeness (QED) is 0.599. The van der Waals surface area contributed by atoms with Gasteiger partial charge in [-0.1, -0.05) is 6.92 Å². The Morgan fingerprint density at radius 2 is 2.19 bits per heavy atom. The Labute approximate surface area is 158 Å². The minimum atomic E-state index is 0.260. The second-order valence-electron chi connectivity index (χ2n) is 6.01. The Bertz CT molecular complexity index is 868. The van der Waals surface area contributed by atoms with Gasteiger partial charge in [0, 0.05) is 36.0 Å². The topological polar surface area (TPSA) is 93.0 Å². The van der Waals surface area contributed by atoms with Crippen molar-refractivity contribution >= 4 is 35.3 Å². The molecule has 0 spiro atoms. The fraction of sp³-hybridized carbons (Fsp3) is 0.389. The lowest BCUT2D eigenvalue weighted by molar-refractivity contribution is 0.0985. The summed E-state index contributed by atoms with van der Waals surface area (Å²) in [5.41, 5.74) is 7.77. The molecular weight excluding hydrogens is 348 g/mol. The molecule has 1 aliphatic rings. The Kier molecular flexibility index (Phi) is 5.95. The summed E-state index contributed by atoms with van der Waals surface area (Å²) in [7, 11) is 0. The van der Waals surface area contributed by atoms with Gasteiger partial charge < -0.3 is 20.4 Å². The van der Waals surface area contributed by atoms with E-state index in [2.05, 4.69) is 39.4 Å². The van der Waals surface area contributed by atoms with Gasteiger partial charge in [-0.3, -0.25) is 0 Å². The van der Waals surface area contributed by atoms with E-state index in [0.29, 0.717) is 24.9 Å². The van der Waals surface area contributed by atoms with Crippen LogP contribution in [0.5, 0.6) is 0 Å². The fourth-order valence-corrected chi connectivity index (χ4v) is 2.94. The maximum atomic E-state index is 6.04. The number of hydrogen-bond donors (Lipinski definition) is 3. The molecule has 3 aromatic heterocycles. The molecule has 1 unspecified atom stereocenters. The van der Waals surface area contributed by atoms with Gasteiger partial charge >= 0.3 is 0 Å². The number of anilines is 2. The molecule has 0 saturated carbocycles. The average Bonchev–Trinajstić information content (AvgIpc) is 3.11. The first-order valence-corrected chi connectivity index (χ1v) is 9.29. The first-order valence-electron chi connectivity index (χ1n) is 8.66. The van der Waals surface area contributed by atoms with Crippen molar-refractivity contribution in [1.82, 2.24) is 19.9 Å². The highest BCUT2D eigenvalue weighted by Crippen LogP contribution is 2.28. The average molecular weight is 372 g/mol. The second kappa shape index (κ2) is 8.37. The number of rotatable bonds is 2. The summed E-state index contributed by atoms with van der Waals surface area (Å²) in [6, 6.07) is 5.97. The van der Waals surface area contributed by atoms with Crippen molar-refractivity contribution in [2.24, 2.45) is 0 Å². The largest absolute Gasteiger partial charge is 0.384 e. The number of thiol groups is 1. The zero-order chi connectivity index (χ0) is 18.5. The summed E-state index contributed by atoms with van der Waals surface area (Å²) in [4.78, 5) is 18.8. The number of pyridine rings is 1. The van der Waals surface area contributed by atoms with Crippen molar-refractivity contribution in [1.29, 1.82) is 0 Å². The van der Waals surface area contributed by atoms with E-state index in [4.69, 9.17) is 15.5 Å². The van der Waals surface area contributed by atoms with E-state index in [1.807, 2.05) is 31.3 Å². The minimum absolute atomic E-state index is 0.260. The number of aromatic amines is 1. The molecule has 4 rings (SSSR count). The minimum Gasteiger partial charge on any atom is -0.384 e. The van der Waals surface area contributed by atoms with E-state index in [0.717, 1.165) is 34.7 Å². The molecule has 8 heteroatoms. The molecular formula is C18H24N6OS. The van der Waals surface area contributed by atoms with Crippen LogP contribution in [0.25, 0.3) is 22.4 Å². The van der Waals surface area contributed by atoms with Crippen LogP contribution in [0.1, 0.15) is 13.8 Å². The molecule has 3 aromatic rings. The summed E-state index contributed by atoms with van der Waals surface area (Å²) in [5, 5.41) is 0.985. The maximum absolute atomic E-state index is 6.04. The summed E-state index contributed by atoms with van der Waals surface area (Å²) in [6.45, 7) is 6.29. The molecule has 0 amide bonds. The molecule has 1 fully saturated rings. The van der Waals surface area contributed by atoms with Gasteiger partial charge in [0.15, 0.2) is 5.82 Å². The van der Waals surface area contributed by atoms with Crippen LogP contribution in [0.2, 0.25) is 0 Å². The smallest absolute Gasteiger partial charge is 0.164 e. The lowest BCUT2D eigenvalue weighted by Crippen LogP contribution is -2.44. The Hall–Kier alpha value is -2.32. The molecule has 0 aliphatic carbocycles. The predicted octanol–water partition coefficient (Wildman–Crippen LogP) is 2.76. The monoisotopic (exact) mass is 372 g/mol. The summed E-state index contributed by atoms with van der Waals surface area (Å²) in [6.07, 6.45) is 3.61. The molecule has 0 bridgehead atoms. The van der Waals surface area contributed by atoms with Gasteiger partial charge in [0.1, 0.15) is 17.3 Å². The molecule has 1 aliphatic heterocycles. The van der Waals surface area contributed by atoms with E-state index < -0.39 is 0 Å². The van der Waals surface area contributed by atoms with E-state index in [-0.39, 0.29) is 6.04 Å². The van der Waals surface area contributed by atoms with E-state index in [9.17, 15) is 0 Å². The highest BCUT2D eigenvalue weighted by Gasteiger charge is 2.21. The zero-order valence-corrected chi connectivity index (χ0v) is 15.9. The Morgan fingerprint density at radius 1 is 1.38 bits per heavy atom. The highest BCUT2D eigenvalue weighted by atomic mass is 32.1. The number of ether oxygens (including phenoxy) is 1. The molecule has 4 heterocycles. The SMILES string of the molecule is CC1COCCN1c1cc(N)nc(-c2ccnc3[nH]ccc23)n1.CCS. The van der Waals surface area contributed by atoms with Crippen LogP contribution < -0.4 is 10.6 Å². The number of nitrogen functional groups attached to an aromatic ring is 1. The van der Waals surface area contributed by atoms with Gasteiger partial charge in [-0.25, -0.2) is 15.0 Å². The van der Waals surface area contributed by atoms with Crippen molar-refractivity contribution in [3.63, 3.8) is 0 Å². The lowest BCUT2D eigenvalue weighted by atomic mass is 10.1. The van der Waals surface area contributed by atoms with Crippen molar-refractivity contribution < 1.29 is 4.74 Å². The summed E-state index contributed by atoms with van der Waals surface area (Å²) in [5.74, 6) is 2.86. The number of hydrogen-bond acceptors (Lipinski definition) is 7. The van der Waals surface area contributed by atoms with Crippen molar-refractivity contribution in [2.45, 2.75) is 19.9 Å². The summed E-state index contributed by atoms with van der Waals surface area (Å²) < 4.78 is 5.50. The van der Waals surface area contributed by atoms with E-state index in [1.165, 1.54) is 0 Å². The first-order chi connectivity index (χ1) is 12.6. The Balaban J connectivity index is 0.000000613. The van der Waals surface area contributed by atoms with Gasteiger partial charge in [-0.15, -0.1) is 0 Å². The zero-order valence-electron chi connectivity index (χ0n) is 15.0. The summed E-state index contributed by atoms with van der Waals surface area (Å²) >= 11 is 3.79. The third kappa shape index (κ3) is 3.91. The van der Waals surface area contributed by atoms with Crippen LogP contribution in [-0.4, -0.2) is 51.5 Å². The van der Waals surface area contributed by atoms with E-state index in [1.54, 1.807) is 6.20 Å². The van der Waals surface area contributed by atoms with Gasteiger partial charge in [-0.05, 0) is 24.8 Å². The van der Waals surface area contributed by atoms with Crippen molar-refractivity contribution in [3.05, 3.63) is 30.6 Å². The van der Waals surface area contributed by atoms with Crippen LogP contribution in [0.4, 0.5) is 11.6 Å². The second-order valence-corrected chi connectivity index (χ2v) is 6.64. The maximum Gasteiger partial charge on any atom is 0.164 e. The number of H-pyrrole nitrogens is 1. The Morgan fingerprint density at radius 3 is 2.96 bits per heavy atom. The highest BCUT2D eigenvalue weighted by molar-refractivity contribution is 7.80. The number of fused-ring (bicyclic) bond motifs is 1. The standard InChI is InChI=1S/C16H18N6O.C2H6S/c1-10-9-23-7-6-22(10)14-8-13(17)20-16(21-14)12-3-5-19-15-11(12)2-4-18-15;1-2-3/h2-5,8,10H,6-7,9H2,1H3,(H,18,19)(H2,17,20,21);3H,2H2,1H3. The van der Waals surface area contributed by atoms with E-state index >= 15 is 0 Å². The predicted molar refractivity (Wildman–Crippen MR) is 109 cm³/mol. The van der Waals surface area contributed by atoms with Crippen molar-refractivity contribution in [2.75, 3.05) is 36.1 Å². The molecule has 7 nitrogen and oxygen atoms in total. The molecule has 0 aromatic carbocycles. The fourth-order valence-electron chi connectivity index (χ4n) is 2.94. The molecule has 0 radical (unpaired) electrons. The van der Waals surface area contributed by atoms with Gasteiger partial charge in [0.25, 0.3) is 0 Å². The van der Waals surface area contributed by atoms with Crippen LogP contribution in [0.3, 0.4) is 0 Å². The molecule has 26 heavy (non-hydrogen) atoms. The van der Waals surface area contributed by atoms with Gasteiger partial charge in [0.2, 0.25) is 0 Å². The number of nitrogens with two attached hydrogens (primary N) is 1. The third-order valence-corrected chi connectivity index (χ3v) is 4.10. The lowest BCUT2D eigenvalue weighted by Gasteiger charge is -2.34. The van der Waals surface area contributed by atoms with Crippen LogP contribution in [-0.2, 0) is 4.74 Å². The third-order valence-electron chi connectivity index (χ3n) is 4.10. The molecule has 1 atom stereocenters.